The Bertz CT molecular complexity index is 823. The predicted octanol–water partition coefficient (Wildman–Crippen LogP) is 0.751. The number of carbonyl (C=O) groups is 2. The minimum atomic E-state index is -0.490. The van der Waals surface area contributed by atoms with Gasteiger partial charge in [0, 0.05) is 19.0 Å². The highest BCUT2D eigenvalue weighted by molar-refractivity contribution is 7.10. The lowest BCUT2D eigenvalue weighted by Crippen LogP contribution is -3.14. The summed E-state index contributed by atoms with van der Waals surface area (Å²) >= 11 is 1.66. The molecule has 7 nitrogen and oxygen atoms in total. The minimum absolute atomic E-state index is 0.00370. The van der Waals surface area contributed by atoms with Crippen molar-refractivity contribution in [3.05, 3.63) is 45.6 Å². The number of methoxy groups -OCH3 is 2. The lowest BCUT2D eigenvalue weighted by Gasteiger charge is -2.34. The van der Waals surface area contributed by atoms with Crippen molar-refractivity contribution in [1.29, 1.82) is 0 Å². The second-order valence-electron chi connectivity index (χ2n) is 6.32. The summed E-state index contributed by atoms with van der Waals surface area (Å²) in [5.41, 5.74) is 2.32. The number of urea groups is 1. The Balaban J connectivity index is 1.95. The molecule has 2 heterocycles. The van der Waals surface area contributed by atoms with Crippen LogP contribution in [0, 0.1) is 0 Å². The molecule has 0 bridgehead atoms. The number of quaternary nitrogens is 1. The molecule has 1 aromatic heterocycles. The third-order valence-corrected chi connectivity index (χ3v) is 5.71. The summed E-state index contributed by atoms with van der Waals surface area (Å²) in [5, 5.41) is 6.80. The molecule has 3 N–H and O–H groups in total. The highest BCUT2D eigenvalue weighted by atomic mass is 32.1. The summed E-state index contributed by atoms with van der Waals surface area (Å²) in [4.78, 5) is 26.0. The van der Waals surface area contributed by atoms with E-state index in [4.69, 9.17) is 9.47 Å². The fraction of sp³-hybridized carbons (Fsp3) is 0.368. The van der Waals surface area contributed by atoms with Crippen LogP contribution in [0.15, 0.2) is 29.6 Å². The average Bonchev–Trinajstić information content (AvgIpc) is 3.20. The molecule has 1 aromatic carbocycles. The standard InChI is InChI=1S/C19H23N3O4S/c1-20-19(24)21-17(23)11-22-7-6-12-9-14(25-2)15(26-3)10-13(12)18(22)16-5-4-8-27-16/h4-5,8-10,18H,6-7,11H2,1-3H3,(H2,20,21,23,24)/p+1/t18-/m1/s1. The summed E-state index contributed by atoms with van der Waals surface area (Å²) in [7, 11) is 4.74. The Hall–Kier alpha value is -2.58. The molecule has 3 rings (SSSR count). The molecule has 0 spiro atoms. The molecule has 144 valence electrons. The number of rotatable bonds is 5. The summed E-state index contributed by atoms with van der Waals surface area (Å²) in [6.45, 7) is 0.996. The molecule has 1 unspecified atom stereocenters. The number of imide groups is 1. The Morgan fingerprint density at radius 3 is 2.63 bits per heavy atom. The molecule has 8 heteroatoms. The number of hydrogen-bond donors (Lipinski definition) is 3. The van der Waals surface area contributed by atoms with Crippen molar-refractivity contribution in [2.75, 3.05) is 34.4 Å². The molecule has 1 aliphatic rings. The third kappa shape index (κ3) is 4.06. The maximum absolute atomic E-state index is 12.3. The first-order valence-corrected chi connectivity index (χ1v) is 9.59. The van der Waals surface area contributed by atoms with Crippen LogP contribution in [0.2, 0.25) is 0 Å². The topological polar surface area (TPSA) is 81.1 Å². The van der Waals surface area contributed by atoms with Crippen molar-refractivity contribution in [2.45, 2.75) is 12.5 Å². The zero-order valence-electron chi connectivity index (χ0n) is 15.6. The first kappa shape index (κ1) is 19.2. The molecular formula is C19H24N3O4S+. The molecule has 2 atom stereocenters. The first-order chi connectivity index (χ1) is 13.1. The van der Waals surface area contributed by atoms with Gasteiger partial charge < -0.3 is 19.7 Å². The molecular weight excluding hydrogens is 366 g/mol. The van der Waals surface area contributed by atoms with Crippen molar-refractivity contribution < 1.29 is 24.0 Å². The number of thiophene rings is 1. The number of ether oxygens (including phenoxy) is 2. The van der Waals surface area contributed by atoms with E-state index in [2.05, 4.69) is 16.7 Å². The maximum atomic E-state index is 12.3. The predicted molar refractivity (Wildman–Crippen MR) is 103 cm³/mol. The molecule has 0 saturated carbocycles. The lowest BCUT2D eigenvalue weighted by molar-refractivity contribution is -0.919. The van der Waals surface area contributed by atoms with Crippen LogP contribution in [-0.4, -0.2) is 46.3 Å². The highest BCUT2D eigenvalue weighted by Crippen LogP contribution is 2.36. The summed E-state index contributed by atoms with van der Waals surface area (Å²) in [6.07, 6.45) is 0.820. The maximum Gasteiger partial charge on any atom is 0.321 e. The van der Waals surface area contributed by atoms with Crippen LogP contribution in [-0.2, 0) is 11.2 Å². The van der Waals surface area contributed by atoms with Crippen LogP contribution >= 0.6 is 11.3 Å². The number of benzene rings is 1. The largest absolute Gasteiger partial charge is 0.493 e. The van der Waals surface area contributed by atoms with Gasteiger partial charge in [-0.1, -0.05) is 6.07 Å². The monoisotopic (exact) mass is 390 g/mol. The van der Waals surface area contributed by atoms with Crippen LogP contribution in [0.3, 0.4) is 0 Å². The second kappa shape index (κ2) is 8.41. The van der Waals surface area contributed by atoms with E-state index in [0.29, 0.717) is 11.5 Å². The van der Waals surface area contributed by atoms with Crippen LogP contribution in [0.1, 0.15) is 22.0 Å². The van der Waals surface area contributed by atoms with Gasteiger partial charge in [0.05, 0.1) is 25.6 Å². The van der Waals surface area contributed by atoms with E-state index in [1.807, 2.05) is 23.6 Å². The molecule has 0 fully saturated rings. The van der Waals surface area contributed by atoms with Crippen molar-refractivity contribution in [1.82, 2.24) is 10.6 Å². The second-order valence-corrected chi connectivity index (χ2v) is 7.30. The number of carbonyl (C=O) groups excluding carboxylic acids is 2. The van der Waals surface area contributed by atoms with E-state index in [9.17, 15) is 9.59 Å². The Morgan fingerprint density at radius 1 is 1.26 bits per heavy atom. The summed E-state index contributed by atoms with van der Waals surface area (Å²) in [6, 6.07) is 7.64. The van der Waals surface area contributed by atoms with Crippen molar-refractivity contribution in [3.8, 4) is 11.5 Å². The van der Waals surface area contributed by atoms with Gasteiger partial charge in [0.15, 0.2) is 18.0 Å². The number of hydrogen-bond acceptors (Lipinski definition) is 5. The Labute approximate surface area is 162 Å². The van der Waals surface area contributed by atoms with Gasteiger partial charge in [0.2, 0.25) is 0 Å². The normalized spacial score (nSPS) is 18.3. The van der Waals surface area contributed by atoms with Crippen LogP contribution in [0.4, 0.5) is 4.79 Å². The van der Waals surface area contributed by atoms with Crippen molar-refractivity contribution >= 4 is 23.3 Å². The highest BCUT2D eigenvalue weighted by Gasteiger charge is 2.35. The Kier molecular flexibility index (Phi) is 5.98. The molecule has 0 aliphatic carbocycles. The average molecular weight is 390 g/mol. The zero-order chi connectivity index (χ0) is 19.4. The fourth-order valence-electron chi connectivity index (χ4n) is 3.52. The number of fused-ring (bicyclic) bond motifs is 1. The molecule has 27 heavy (non-hydrogen) atoms. The molecule has 2 aromatic rings. The smallest absolute Gasteiger partial charge is 0.321 e. The van der Waals surface area contributed by atoms with Crippen molar-refractivity contribution in [2.24, 2.45) is 0 Å². The van der Waals surface area contributed by atoms with E-state index >= 15 is 0 Å². The van der Waals surface area contributed by atoms with E-state index in [-0.39, 0.29) is 18.5 Å². The zero-order valence-corrected chi connectivity index (χ0v) is 16.4. The van der Waals surface area contributed by atoms with E-state index < -0.39 is 6.03 Å². The molecule has 0 radical (unpaired) electrons. The summed E-state index contributed by atoms with van der Waals surface area (Å²) in [5.74, 6) is 1.09. The summed E-state index contributed by atoms with van der Waals surface area (Å²) < 4.78 is 10.9. The van der Waals surface area contributed by atoms with Gasteiger partial charge in [-0.05, 0) is 29.1 Å². The van der Waals surface area contributed by atoms with Crippen LogP contribution in [0.25, 0.3) is 0 Å². The van der Waals surface area contributed by atoms with Gasteiger partial charge in [-0.15, -0.1) is 11.3 Å². The minimum Gasteiger partial charge on any atom is -0.493 e. The van der Waals surface area contributed by atoms with Gasteiger partial charge in [-0.2, -0.15) is 0 Å². The van der Waals surface area contributed by atoms with Gasteiger partial charge in [0.1, 0.15) is 6.04 Å². The fourth-order valence-corrected chi connectivity index (χ4v) is 4.42. The van der Waals surface area contributed by atoms with Crippen LogP contribution < -0.4 is 25.0 Å². The van der Waals surface area contributed by atoms with Gasteiger partial charge in [0.25, 0.3) is 5.91 Å². The van der Waals surface area contributed by atoms with E-state index in [1.165, 1.54) is 17.5 Å². The van der Waals surface area contributed by atoms with Crippen LogP contribution in [0.5, 0.6) is 11.5 Å². The van der Waals surface area contributed by atoms with Gasteiger partial charge in [-0.3, -0.25) is 10.1 Å². The van der Waals surface area contributed by atoms with Crippen molar-refractivity contribution in [3.63, 3.8) is 0 Å². The van der Waals surface area contributed by atoms with Gasteiger partial charge >= 0.3 is 6.03 Å². The Morgan fingerprint density at radius 2 is 2.00 bits per heavy atom. The van der Waals surface area contributed by atoms with E-state index in [1.54, 1.807) is 25.6 Å². The SMILES string of the molecule is CNC(=O)NC(=O)C[NH+]1CCc2cc(OC)c(OC)cc2[C@@H]1c1cccs1. The van der Waals surface area contributed by atoms with E-state index in [0.717, 1.165) is 23.4 Å². The molecule has 3 amide bonds. The quantitative estimate of drug-likeness (QED) is 0.704. The lowest BCUT2D eigenvalue weighted by atomic mass is 9.91. The first-order valence-electron chi connectivity index (χ1n) is 8.71. The number of amides is 3. The number of nitrogens with one attached hydrogen (secondary N) is 3. The third-order valence-electron chi connectivity index (χ3n) is 4.78. The molecule has 0 saturated heterocycles. The molecule has 1 aliphatic heterocycles. The van der Waals surface area contributed by atoms with Gasteiger partial charge in [-0.25, -0.2) is 4.79 Å².